The topological polar surface area (TPSA) is 6.48 Å². The van der Waals surface area contributed by atoms with E-state index in [9.17, 15) is 0 Å². The lowest BCUT2D eigenvalue weighted by atomic mass is 9.64. The first-order chi connectivity index (χ1) is 30.3. The molecular formula is C59H48N2. The Morgan fingerprint density at radius 2 is 1.30 bits per heavy atom. The van der Waals surface area contributed by atoms with Crippen LogP contribution < -0.4 is 9.80 Å². The third-order valence-electron chi connectivity index (χ3n) is 14.1. The fourth-order valence-electron chi connectivity index (χ4n) is 11.7. The number of fused-ring (bicyclic) bond motifs is 11. The highest BCUT2D eigenvalue weighted by molar-refractivity contribution is 6.00. The zero-order chi connectivity index (χ0) is 40.3. The number of nitrogens with zero attached hydrogens (tertiary/aromatic N) is 2. The molecule has 0 aliphatic heterocycles. The van der Waals surface area contributed by atoms with Gasteiger partial charge in [0, 0.05) is 34.1 Å². The first-order valence-electron chi connectivity index (χ1n) is 22.3. The third-order valence-corrected chi connectivity index (χ3v) is 14.1. The van der Waals surface area contributed by atoms with Gasteiger partial charge in [-0.1, -0.05) is 152 Å². The molecule has 0 radical (unpaired) electrons. The van der Waals surface area contributed by atoms with Crippen LogP contribution >= 0.6 is 0 Å². The zero-order valence-corrected chi connectivity index (χ0v) is 34.4. The van der Waals surface area contributed by atoms with Gasteiger partial charge in [-0.15, -0.1) is 0 Å². The third kappa shape index (κ3) is 5.62. The number of allylic oxidation sites excluding steroid dienone is 9. The molecule has 5 aliphatic carbocycles. The summed E-state index contributed by atoms with van der Waals surface area (Å²) in [6, 6.07) is 59.7. The van der Waals surface area contributed by atoms with Crippen LogP contribution in [0.5, 0.6) is 0 Å². The molecule has 12 rings (SSSR count). The normalized spacial score (nSPS) is 20.5. The largest absolute Gasteiger partial charge is 0.311 e. The second-order valence-electron chi connectivity index (χ2n) is 17.3. The van der Waals surface area contributed by atoms with Crippen LogP contribution in [0.4, 0.5) is 28.4 Å². The van der Waals surface area contributed by atoms with Crippen molar-refractivity contribution < 1.29 is 0 Å². The Balaban J connectivity index is 1.10. The van der Waals surface area contributed by atoms with Crippen LogP contribution in [0.3, 0.4) is 0 Å². The second kappa shape index (κ2) is 14.7. The lowest BCUT2D eigenvalue weighted by molar-refractivity contribution is 0.351. The van der Waals surface area contributed by atoms with Gasteiger partial charge >= 0.3 is 0 Å². The molecule has 0 aromatic heterocycles. The minimum Gasteiger partial charge on any atom is -0.311 e. The summed E-state index contributed by atoms with van der Waals surface area (Å²) in [7, 11) is 0. The van der Waals surface area contributed by atoms with Gasteiger partial charge in [0.1, 0.15) is 0 Å². The van der Waals surface area contributed by atoms with E-state index in [4.69, 9.17) is 0 Å². The molecule has 5 aliphatic rings. The summed E-state index contributed by atoms with van der Waals surface area (Å²) in [6.07, 6.45) is 25.5. The van der Waals surface area contributed by atoms with E-state index in [1.807, 2.05) is 0 Å². The summed E-state index contributed by atoms with van der Waals surface area (Å²) in [5.41, 5.74) is 18.2. The van der Waals surface area contributed by atoms with Crippen molar-refractivity contribution >= 4 is 44.8 Å². The van der Waals surface area contributed by atoms with E-state index in [0.717, 1.165) is 44.2 Å². The van der Waals surface area contributed by atoms with E-state index in [2.05, 4.69) is 216 Å². The minimum atomic E-state index is -0.326. The summed E-state index contributed by atoms with van der Waals surface area (Å²) in [5, 5.41) is 2.48. The summed E-state index contributed by atoms with van der Waals surface area (Å²) >= 11 is 0. The van der Waals surface area contributed by atoms with Crippen molar-refractivity contribution in [1.29, 1.82) is 0 Å². The Morgan fingerprint density at radius 1 is 0.525 bits per heavy atom. The molecule has 0 saturated carbocycles. The van der Waals surface area contributed by atoms with Crippen LogP contribution in [0.25, 0.3) is 27.5 Å². The Bertz CT molecular complexity index is 3010. The fourth-order valence-corrected chi connectivity index (χ4v) is 11.7. The van der Waals surface area contributed by atoms with E-state index in [1.54, 1.807) is 0 Å². The van der Waals surface area contributed by atoms with E-state index in [1.165, 1.54) is 83.7 Å². The van der Waals surface area contributed by atoms with Crippen LogP contribution in [-0.2, 0) is 5.41 Å². The quantitative estimate of drug-likeness (QED) is 0.149. The maximum Gasteiger partial charge on any atom is 0.0540 e. The average molecular weight is 785 g/mol. The van der Waals surface area contributed by atoms with Gasteiger partial charge in [-0.2, -0.15) is 0 Å². The highest BCUT2D eigenvalue weighted by atomic mass is 15.2. The Hall–Kier alpha value is -6.90. The molecule has 0 N–H and O–H groups in total. The number of hydrogen-bond acceptors (Lipinski definition) is 2. The van der Waals surface area contributed by atoms with Gasteiger partial charge in [0.25, 0.3) is 0 Å². The maximum absolute atomic E-state index is 2.59. The van der Waals surface area contributed by atoms with Crippen LogP contribution in [0.2, 0.25) is 0 Å². The monoisotopic (exact) mass is 784 g/mol. The van der Waals surface area contributed by atoms with Gasteiger partial charge in [0.2, 0.25) is 0 Å². The predicted molar refractivity (Wildman–Crippen MR) is 256 cm³/mol. The van der Waals surface area contributed by atoms with E-state index in [-0.39, 0.29) is 11.3 Å². The Kier molecular flexibility index (Phi) is 8.66. The molecule has 3 atom stereocenters. The van der Waals surface area contributed by atoms with Gasteiger partial charge in [0.05, 0.1) is 16.8 Å². The van der Waals surface area contributed by atoms with Crippen molar-refractivity contribution in [2.45, 2.75) is 49.9 Å². The second-order valence-corrected chi connectivity index (χ2v) is 17.3. The fraction of sp³-hybridized carbons (Fsp3) is 0.153. The molecule has 2 nitrogen and oxygen atoms in total. The molecule has 1 spiro atoms. The number of anilines is 5. The Morgan fingerprint density at radius 3 is 2.20 bits per heavy atom. The molecule has 0 saturated heterocycles. The molecule has 0 heterocycles. The van der Waals surface area contributed by atoms with Crippen molar-refractivity contribution in [3.63, 3.8) is 0 Å². The summed E-state index contributed by atoms with van der Waals surface area (Å²) < 4.78 is 0. The molecule has 0 bridgehead atoms. The summed E-state index contributed by atoms with van der Waals surface area (Å²) in [6.45, 7) is 0. The van der Waals surface area contributed by atoms with Crippen molar-refractivity contribution in [2.75, 3.05) is 9.80 Å². The summed E-state index contributed by atoms with van der Waals surface area (Å²) in [4.78, 5) is 5.07. The molecule has 7 aromatic rings. The number of para-hydroxylation sites is 1. The molecule has 0 amide bonds. The molecule has 2 heteroatoms. The highest BCUT2D eigenvalue weighted by Gasteiger charge is 2.58. The average Bonchev–Trinajstić information content (AvgIpc) is 3.80. The molecule has 7 aromatic carbocycles. The van der Waals surface area contributed by atoms with Gasteiger partial charge in [-0.05, 0) is 149 Å². The number of benzene rings is 7. The SMILES string of the molecule is C1=CCCC(c2cccc(N(C3=CCCC=C3)c3cccc4c3C3C=CCCC3C43c4ccccc4-c4ccc(N(c5ccccc5)c5cccc6ccccc56)cc43)c2)=C1. The van der Waals surface area contributed by atoms with Gasteiger partial charge in [0.15, 0.2) is 0 Å². The molecular weight excluding hydrogens is 737 g/mol. The van der Waals surface area contributed by atoms with Gasteiger partial charge in [-0.3, -0.25) is 0 Å². The van der Waals surface area contributed by atoms with Crippen molar-refractivity contribution in [1.82, 2.24) is 0 Å². The van der Waals surface area contributed by atoms with E-state index < -0.39 is 0 Å². The van der Waals surface area contributed by atoms with Crippen molar-refractivity contribution in [3.8, 4) is 11.1 Å². The minimum absolute atomic E-state index is 0.260. The van der Waals surface area contributed by atoms with E-state index >= 15 is 0 Å². The molecule has 0 fully saturated rings. The lowest BCUT2D eigenvalue weighted by Crippen LogP contribution is -2.34. The zero-order valence-electron chi connectivity index (χ0n) is 34.4. The first-order valence-corrected chi connectivity index (χ1v) is 22.3. The van der Waals surface area contributed by atoms with Crippen LogP contribution in [0, 0.1) is 5.92 Å². The number of rotatable bonds is 7. The van der Waals surface area contributed by atoms with Crippen LogP contribution in [0.1, 0.15) is 72.3 Å². The highest BCUT2D eigenvalue weighted by Crippen LogP contribution is 2.68. The van der Waals surface area contributed by atoms with Crippen molar-refractivity contribution in [2.24, 2.45) is 5.92 Å². The van der Waals surface area contributed by atoms with E-state index in [0.29, 0.717) is 5.92 Å². The summed E-state index contributed by atoms with van der Waals surface area (Å²) in [5.74, 6) is 0.619. The number of hydrogen-bond donors (Lipinski definition) is 0. The first kappa shape index (κ1) is 36.0. The van der Waals surface area contributed by atoms with Gasteiger partial charge in [-0.25, -0.2) is 0 Å². The van der Waals surface area contributed by atoms with Gasteiger partial charge < -0.3 is 9.80 Å². The smallest absolute Gasteiger partial charge is 0.0540 e. The predicted octanol–water partition coefficient (Wildman–Crippen LogP) is 15.8. The van der Waals surface area contributed by atoms with Crippen LogP contribution in [-0.4, -0.2) is 0 Å². The molecule has 61 heavy (non-hydrogen) atoms. The van der Waals surface area contributed by atoms with Crippen LogP contribution in [0.15, 0.2) is 212 Å². The Labute approximate surface area is 359 Å². The maximum atomic E-state index is 2.59. The molecule has 294 valence electrons. The van der Waals surface area contributed by atoms with Crippen molar-refractivity contribution in [3.05, 3.63) is 240 Å². The lowest BCUT2D eigenvalue weighted by Gasteiger charge is -2.38. The standard InChI is InChI=1S/C59H48N2/c1-4-19-41(20-5-1)43-23-16-28-46(39-43)61(45-26-8-3-9-27-45)57-36-18-34-54-58(57)51-31-13-15-33-53(51)59(54)52-32-14-12-30-49(52)50-38-37-47(40-55(50)59)60(44-24-6-2-7-25-44)56-35-17-22-42-21-10-11-29-48(42)56/h1-2,4,6-8,10-14,16-19,21-32,34-40,51,53H,3,5,9,15,20,33H2. The molecule has 3 unspecified atom stereocenters.